The van der Waals surface area contributed by atoms with E-state index in [1.807, 2.05) is 12.2 Å². The Morgan fingerprint density at radius 2 is 2.00 bits per heavy atom. The van der Waals surface area contributed by atoms with Gasteiger partial charge in [0.1, 0.15) is 13.1 Å². The van der Waals surface area contributed by atoms with Crippen LogP contribution in [-0.2, 0) is 17.9 Å². The van der Waals surface area contributed by atoms with Gasteiger partial charge in [0.2, 0.25) is 5.91 Å². The van der Waals surface area contributed by atoms with Gasteiger partial charge in [0.25, 0.3) is 0 Å². The summed E-state index contributed by atoms with van der Waals surface area (Å²) in [6.07, 6.45) is -3.40. The van der Waals surface area contributed by atoms with Crippen LogP contribution in [0.15, 0.2) is 0 Å². The number of hydrogen-bond acceptors (Lipinski definition) is 3. The second-order valence-electron chi connectivity index (χ2n) is 4.88. The molecule has 1 aromatic heterocycles. The highest BCUT2D eigenvalue weighted by Gasteiger charge is 2.27. The van der Waals surface area contributed by atoms with E-state index in [-0.39, 0.29) is 6.54 Å². The first-order valence-electron chi connectivity index (χ1n) is 6.81. The second-order valence-corrected chi connectivity index (χ2v) is 4.88. The minimum absolute atomic E-state index is 0.212. The van der Waals surface area contributed by atoms with Gasteiger partial charge in [0.05, 0.1) is 5.69 Å². The van der Waals surface area contributed by atoms with Crippen LogP contribution >= 0.6 is 0 Å². The number of alkyl halides is 3. The fourth-order valence-electron chi connectivity index (χ4n) is 1.92. The van der Waals surface area contributed by atoms with Crippen molar-refractivity contribution in [3.63, 3.8) is 0 Å². The van der Waals surface area contributed by atoms with Crippen LogP contribution in [0.3, 0.4) is 0 Å². The van der Waals surface area contributed by atoms with Gasteiger partial charge in [-0.1, -0.05) is 6.92 Å². The number of amides is 1. The molecule has 0 saturated heterocycles. The smallest absolute Gasteiger partial charge is 0.345 e. The number of aryl methyl sites for hydroxylation is 1. The molecule has 0 unspecified atom stereocenters. The zero-order valence-electron chi connectivity index (χ0n) is 12.5. The number of nitrogens with one attached hydrogen (secondary N) is 2. The molecule has 2 N–H and O–H groups in total. The first-order chi connectivity index (χ1) is 9.74. The van der Waals surface area contributed by atoms with E-state index in [0.29, 0.717) is 6.54 Å². The van der Waals surface area contributed by atoms with Crippen molar-refractivity contribution in [2.24, 2.45) is 0 Å². The molecule has 0 aliphatic heterocycles. The minimum Gasteiger partial charge on any atom is -0.345 e. The van der Waals surface area contributed by atoms with Crippen LogP contribution in [0.25, 0.3) is 0 Å². The molecule has 120 valence electrons. The number of carbonyl (C=O) groups is 1. The quantitative estimate of drug-likeness (QED) is 0.754. The zero-order valence-corrected chi connectivity index (χ0v) is 12.5. The fourth-order valence-corrected chi connectivity index (χ4v) is 1.92. The summed E-state index contributed by atoms with van der Waals surface area (Å²) >= 11 is 0. The molecule has 0 spiro atoms. The van der Waals surface area contributed by atoms with E-state index < -0.39 is 18.6 Å². The molecule has 8 heteroatoms. The Labute approximate surface area is 121 Å². The molecule has 0 bridgehead atoms. The second kappa shape index (κ2) is 7.44. The molecule has 1 heterocycles. The van der Waals surface area contributed by atoms with Crippen molar-refractivity contribution in [1.29, 1.82) is 0 Å². The standard InChI is InChI=1S/C13H21F3N4O/c1-4-5-17-6-11-9(2)19-20(10(11)3)7-12(21)18-8-13(14,15)16/h17H,4-8H2,1-3H3,(H,18,21). The van der Waals surface area contributed by atoms with Crippen LogP contribution in [-0.4, -0.2) is 35.0 Å². The summed E-state index contributed by atoms with van der Waals surface area (Å²) in [5.41, 5.74) is 2.55. The summed E-state index contributed by atoms with van der Waals surface area (Å²) in [5.74, 6) is -0.703. The van der Waals surface area contributed by atoms with Gasteiger partial charge in [-0.3, -0.25) is 9.48 Å². The molecule has 21 heavy (non-hydrogen) atoms. The van der Waals surface area contributed by atoms with Crippen LogP contribution in [0, 0.1) is 13.8 Å². The zero-order chi connectivity index (χ0) is 16.0. The van der Waals surface area contributed by atoms with Crippen LogP contribution < -0.4 is 10.6 Å². The average Bonchev–Trinajstić information content (AvgIpc) is 2.63. The molecule has 1 amide bonds. The van der Waals surface area contributed by atoms with Gasteiger partial charge in [-0.15, -0.1) is 0 Å². The lowest BCUT2D eigenvalue weighted by atomic mass is 10.2. The lowest BCUT2D eigenvalue weighted by molar-refractivity contribution is -0.138. The molecule has 0 saturated carbocycles. The van der Waals surface area contributed by atoms with Crippen LogP contribution in [0.2, 0.25) is 0 Å². The maximum absolute atomic E-state index is 12.0. The molecule has 1 aromatic rings. The number of hydrogen-bond donors (Lipinski definition) is 2. The lowest BCUT2D eigenvalue weighted by Crippen LogP contribution is -2.36. The van der Waals surface area contributed by atoms with Gasteiger partial charge >= 0.3 is 6.18 Å². The largest absolute Gasteiger partial charge is 0.405 e. The van der Waals surface area contributed by atoms with Gasteiger partial charge in [0.15, 0.2) is 0 Å². The van der Waals surface area contributed by atoms with Crippen molar-refractivity contribution in [2.75, 3.05) is 13.1 Å². The summed E-state index contributed by atoms with van der Waals surface area (Å²) in [4.78, 5) is 11.5. The van der Waals surface area contributed by atoms with Crippen molar-refractivity contribution in [2.45, 2.75) is 46.5 Å². The first kappa shape index (κ1) is 17.5. The van der Waals surface area contributed by atoms with Gasteiger partial charge in [-0.05, 0) is 26.8 Å². The number of carbonyl (C=O) groups excluding carboxylic acids is 1. The highest BCUT2D eigenvalue weighted by Crippen LogP contribution is 2.14. The van der Waals surface area contributed by atoms with Crippen molar-refractivity contribution in [3.05, 3.63) is 17.0 Å². The minimum atomic E-state index is -4.40. The summed E-state index contributed by atoms with van der Waals surface area (Å²) in [5, 5.41) is 9.29. The molecule has 5 nitrogen and oxygen atoms in total. The van der Waals surface area contributed by atoms with Crippen LogP contribution in [0.5, 0.6) is 0 Å². The summed E-state index contributed by atoms with van der Waals surface area (Å²) < 4.78 is 37.5. The van der Waals surface area contributed by atoms with Gasteiger partial charge < -0.3 is 10.6 Å². The third-order valence-electron chi connectivity index (χ3n) is 3.04. The summed E-state index contributed by atoms with van der Waals surface area (Å²) in [6, 6.07) is 0. The van der Waals surface area contributed by atoms with Crippen molar-refractivity contribution in [1.82, 2.24) is 20.4 Å². The van der Waals surface area contributed by atoms with Crippen LogP contribution in [0.4, 0.5) is 13.2 Å². The maximum Gasteiger partial charge on any atom is 0.405 e. The van der Waals surface area contributed by atoms with E-state index >= 15 is 0 Å². The lowest BCUT2D eigenvalue weighted by Gasteiger charge is -2.09. The number of aromatic nitrogens is 2. The molecule has 0 radical (unpaired) electrons. The molecule has 0 fully saturated rings. The number of halogens is 3. The van der Waals surface area contributed by atoms with E-state index in [2.05, 4.69) is 17.3 Å². The third kappa shape index (κ3) is 5.74. The topological polar surface area (TPSA) is 59.0 Å². The average molecular weight is 306 g/mol. The maximum atomic E-state index is 12.0. The van der Waals surface area contributed by atoms with E-state index in [9.17, 15) is 18.0 Å². The number of nitrogens with zero attached hydrogens (tertiary/aromatic N) is 2. The highest BCUT2D eigenvalue weighted by atomic mass is 19.4. The van der Waals surface area contributed by atoms with E-state index in [4.69, 9.17) is 0 Å². The Morgan fingerprint density at radius 1 is 1.33 bits per heavy atom. The van der Waals surface area contributed by atoms with Crippen LogP contribution in [0.1, 0.15) is 30.3 Å². The summed E-state index contributed by atoms with van der Waals surface area (Å²) in [6.45, 7) is 5.65. The molecule has 0 aliphatic rings. The number of rotatable bonds is 7. The third-order valence-corrected chi connectivity index (χ3v) is 3.04. The Kier molecular flexibility index (Phi) is 6.19. The normalized spacial score (nSPS) is 11.7. The molecular weight excluding hydrogens is 285 g/mol. The Hall–Kier alpha value is -1.57. The highest BCUT2D eigenvalue weighted by molar-refractivity contribution is 5.75. The Balaban J connectivity index is 2.63. The summed E-state index contributed by atoms with van der Waals surface area (Å²) in [7, 11) is 0. The van der Waals surface area contributed by atoms with Gasteiger partial charge in [0, 0.05) is 17.8 Å². The molecule has 0 aromatic carbocycles. The van der Waals surface area contributed by atoms with Crippen molar-refractivity contribution < 1.29 is 18.0 Å². The van der Waals surface area contributed by atoms with E-state index in [1.54, 1.807) is 6.92 Å². The first-order valence-corrected chi connectivity index (χ1v) is 6.81. The van der Waals surface area contributed by atoms with Crippen molar-refractivity contribution >= 4 is 5.91 Å². The molecule has 0 atom stereocenters. The predicted octanol–water partition coefficient (Wildman–Crippen LogP) is 1.68. The molecular formula is C13H21F3N4O. The Morgan fingerprint density at radius 3 is 2.57 bits per heavy atom. The van der Waals surface area contributed by atoms with E-state index in [0.717, 1.165) is 29.9 Å². The molecule has 0 aliphatic carbocycles. The monoisotopic (exact) mass is 306 g/mol. The van der Waals surface area contributed by atoms with Gasteiger partial charge in [-0.25, -0.2) is 0 Å². The predicted molar refractivity (Wildman–Crippen MR) is 72.8 cm³/mol. The van der Waals surface area contributed by atoms with Crippen molar-refractivity contribution in [3.8, 4) is 0 Å². The molecule has 1 rings (SSSR count). The Bertz CT molecular complexity index is 482. The SMILES string of the molecule is CCCNCc1c(C)nn(CC(=O)NCC(F)(F)F)c1C. The van der Waals surface area contributed by atoms with Gasteiger partial charge in [-0.2, -0.15) is 18.3 Å². The fraction of sp³-hybridized carbons (Fsp3) is 0.692. The van der Waals surface area contributed by atoms with E-state index in [1.165, 1.54) is 4.68 Å².